The van der Waals surface area contributed by atoms with Crippen LogP contribution in [0.25, 0.3) is 0 Å². The van der Waals surface area contributed by atoms with Crippen LogP contribution >= 0.6 is 0 Å². The Hall–Kier alpha value is 0.637. The molecule has 4 nitrogen and oxygen atoms in total. The third-order valence-electron chi connectivity index (χ3n) is 6.99. The van der Waals surface area contributed by atoms with Gasteiger partial charge in [-0.25, -0.2) is 0 Å². The fourth-order valence-corrected chi connectivity index (χ4v) is 11.6. The Balaban J connectivity index is 3.43. The van der Waals surface area contributed by atoms with Crippen molar-refractivity contribution in [2.75, 3.05) is 0 Å². The first-order valence-corrected chi connectivity index (χ1v) is 23.5. The molecule has 0 aromatic carbocycles. The van der Waals surface area contributed by atoms with E-state index in [1.807, 2.05) is 0 Å². The van der Waals surface area contributed by atoms with Gasteiger partial charge >= 0.3 is 219 Å². The van der Waals surface area contributed by atoms with E-state index in [0.717, 1.165) is 51.4 Å². The van der Waals surface area contributed by atoms with Crippen molar-refractivity contribution in [3.63, 3.8) is 0 Å². The summed E-state index contributed by atoms with van der Waals surface area (Å²) in [6.07, 6.45) is 25.5. The first kappa shape index (κ1) is 34.6. The Labute approximate surface area is 218 Å². The van der Waals surface area contributed by atoms with Gasteiger partial charge in [-0.15, -0.1) is 0 Å². The van der Waals surface area contributed by atoms with Crippen molar-refractivity contribution in [1.82, 2.24) is 0 Å². The summed E-state index contributed by atoms with van der Waals surface area (Å²) in [6, 6.07) is 0. The van der Waals surface area contributed by atoms with Gasteiger partial charge in [0.25, 0.3) is 0 Å². The monoisotopic (exact) mass is 610 g/mol. The molecule has 0 fully saturated rings. The quantitative estimate of drug-likeness (QED) is 0.0718. The van der Waals surface area contributed by atoms with Gasteiger partial charge in [-0.05, 0) is 0 Å². The summed E-state index contributed by atoms with van der Waals surface area (Å²) in [6.45, 7) is 4.42. The standard InChI is InChI=1S/C28H60As2O4/c1-3-5-7-9-17-21-25-29(31,32)27-23-19-15-13-11-12-14-16-20-24-28-30(33,34)26-22-18-10-8-6-4-2/h3-28H2,1-2H3,(H,31,32)(H,33,34). The maximum atomic E-state index is 12.3. The van der Waals surface area contributed by atoms with E-state index in [4.69, 9.17) is 0 Å². The van der Waals surface area contributed by atoms with Gasteiger partial charge in [0.1, 0.15) is 0 Å². The van der Waals surface area contributed by atoms with E-state index in [0.29, 0.717) is 20.8 Å². The molecule has 0 aromatic heterocycles. The summed E-state index contributed by atoms with van der Waals surface area (Å²) in [5.74, 6) is 0. The number of rotatable bonds is 27. The van der Waals surface area contributed by atoms with Crippen molar-refractivity contribution < 1.29 is 15.7 Å². The second-order valence-electron chi connectivity index (χ2n) is 10.7. The second kappa shape index (κ2) is 24.0. The topological polar surface area (TPSA) is 74.6 Å². The molecule has 0 radical (unpaired) electrons. The average molecular weight is 611 g/mol. The van der Waals surface area contributed by atoms with Crippen molar-refractivity contribution in [2.45, 2.75) is 176 Å². The van der Waals surface area contributed by atoms with E-state index in [2.05, 4.69) is 13.8 Å². The molecule has 0 aromatic rings. The molecule has 0 amide bonds. The van der Waals surface area contributed by atoms with E-state index in [-0.39, 0.29) is 0 Å². The maximum absolute atomic E-state index is 12.3. The van der Waals surface area contributed by atoms with Crippen LogP contribution in [0.4, 0.5) is 0 Å². The van der Waals surface area contributed by atoms with Crippen molar-refractivity contribution in [3.05, 3.63) is 0 Å². The summed E-state index contributed by atoms with van der Waals surface area (Å²) in [4.78, 5) is 0. The molecule has 0 saturated heterocycles. The van der Waals surface area contributed by atoms with Crippen LogP contribution in [0.3, 0.4) is 0 Å². The molecule has 0 aliphatic carbocycles. The molecule has 0 bridgehead atoms. The summed E-state index contributed by atoms with van der Waals surface area (Å²) >= 11 is -7.06. The molecule has 0 saturated carbocycles. The van der Waals surface area contributed by atoms with Crippen LogP contribution in [-0.4, -0.2) is 35.9 Å². The minimum atomic E-state index is -3.53. The Bertz CT molecular complexity index is 479. The Morgan fingerprint density at radius 2 is 0.529 bits per heavy atom. The Morgan fingerprint density at radius 1 is 0.353 bits per heavy atom. The molecule has 34 heavy (non-hydrogen) atoms. The van der Waals surface area contributed by atoms with Gasteiger partial charge in [-0.3, -0.25) is 0 Å². The first-order valence-electron chi connectivity index (χ1n) is 14.9. The number of hydrogen-bond acceptors (Lipinski definition) is 2. The van der Waals surface area contributed by atoms with Gasteiger partial charge in [0.2, 0.25) is 0 Å². The normalized spacial score (nSPS) is 15.3. The molecule has 0 rings (SSSR count). The van der Waals surface area contributed by atoms with Crippen LogP contribution in [0.2, 0.25) is 20.8 Å². The third kappa shape index (κ3) is 25.7. The summed E-state index contributed by atoms with van der Waals surface area (Å²) in [7, 11) is 0. The van der Waals surface area contributed by atoms with Crippen molar-refractivity contribution in [2.24, 2.45) is 0 Å². The molecule has 0 heterocycles. The SMILES string of the molecule is CCCCCCCC[As](=O)(O)CCCCCCCCCCCC[As](=O)(O)CCCCCCCC. The van der Waals surface area contributed by atoms with Gasteiger partial charge < -0.3 is 0 Å². The van der Waals surface area contributed by atoms with Crippen molar-refractivity contribution in [1.29, 1.82) is 0 Å². The Kier molecular flexibility index (Phi) is 24.5. The summed E-state index contributed by atoms with van der Waals surface area (Å²) in [5.41, 5.74) is 0. The van der Waals surface area contributed by atoms with Crippen LogP contribution in [0.15, 0.2) is 0 Å². The summed E-state index contributed by atoms with van der Waals surface area (Å²) < 4.78 is 45.0. The number of unbranched alkanes of at least 4 members (excludes halogenated alkanes) is 19. The van der Waals surface area contributed by atoms with Gasteiger partial charge in [0.15, 0.2) is 0 Å². The van der Waals surface area contributed by atoms with E-state index in [1.54, 1.807) is 0 Å². The van der Waals surface area contributed by atoms with Crippen LogP contribution in [0.1, 0.15) is 155 Å². The Morgan fingerprint density at radius 3 is 0.735 bits per heavy atom. The van der Waals surface area contributed by atoms with Gasteiger partial charge in [-0.2, -0.15) is 0 Å². The predicted molar refractivity (Wildman–Crippen MR) is 149 cm³/mol. The van der Waals surface area contributed by atoms with Gasteiger partial charge in [0.05, 0.1) is 0 Å². The van der Waals surface area contributed by atoms with E-state index in [1.165, 1.54) is 89.9 Å². The molecule has 2 atom stereocenters. The zero-order valence-electron chi connectivity index (χ0n) is 23.0. The second-order valence-corrected chi connectivity index (χ2v) is 21.5. The fraction of sp³-hybridized carbons (Fsp3) is 1.00. The molecule has 2 unspecified atom stereocenters. The molecule has 0 spiro atoms. The van der Waals surface area contributed by atoms with Crippen molar-refractivity contribution in [3.8, 4) is 0 Å². The first-order chi connectivity index (χ1) is 16.3. The van der Waals surface area contributed by atoms with Gasteiger partial charge in [-0.1, -0.05) is 0 Å². The zero-order chi connectivity index (χ0) is 25.4. The third-order valence-corrected chi connectivity index (χ3v) is 15.5. The van der Waals surface area contributed by atoms with Gasteiger partial charge in [0, 0.05) is 0 Å². The van der Waals surface area contributed by atoms with E-state index < -0.39 is 27.7 Å². The van der Waals surface area contributed by atoms with Crippen molar-refractivity contribution >= 4 is 27.7 Å². The van der Waals surface area contributed by atoms with Crippen LogP contribution in [0.5, 0.6) is 0 Å². The average Bonchev–Trinajstić information content (AvgIpc) is 2.79. The van der Waals surface area contributed by atoms with E-state index >= 15 is 0 Å². The fourth-order valence-electron chi connectivity index (χ4n) is 4.63. The molecule has 206 valence electrons. The molecular weight excluding hydrogens is 550 g/mol. The minimum absolute atomic E-state index is 0.572. The molecule has 0 aliphatic heterocycles. The zero-order valence-corrected chi connectivity index (χ0v) is 26.7. The molecule has 2 N–H and O–H groups in total. The molecular formula is C28H60As2O4. The summed E-state index contributed by atoms with van der Waals surface area (Å²) in [5, 5.41) is 2.30. The van der Waals surface area contributed by atoms with Crippen LogP contribution in [0, 0.1) is 0 Å². The van der Waals surface area contributed by atoms with Crippen LogP contribution in [-0.2, 0) is 7.48 Å². The number of hydrogen-bond donors (Lipinski definition) is 2. The van der Waals surface area contributed by atoms with E-state index in [9.17, 15) is 15.7 Å². The molecule has 6 heteroatoms. The molecule has 0 aliphatic rings. The van der Waals surface area contributed by atoms with Crippen LogP contribution < -0.4 is 0 Å². The predicted octanol–water partition coefficient (Wildman–Crippen LogP) is 9.34.